The Morgan fingerprint density at radius 1 is 1.16 bits per heavy atom. The second-order valence-corrected chi connectivity index (χ2v) is 7.18. The fourth-order valence-corrected chi connectivity index (χ4v) is 3.54. The molecule has 1 N–H and O–H groups in total. The van der Waals surface area contributed by atoms with Crippen LogP contribution >= 0.6 is 0 Å². The molecule has 3 rings (SSSR count). The Hall–Kier alpha value is -2.87. The first kappa shape index (κ1) is 17.0. The monoisotopic (exact) mass is 360 g/mol. The van der Waals surface area contributed by atoms with Gasteiger partial charge in [-0.05, 0) is 43.3 Å². The number of carbonyl (C=O) groups excluding carboxylic acids is 2. The number of carbonyl (C=O) groups is 2. The molecule has 2 aromatic rings. The SMILES string of the molecule is CC(=O)c1cccc(S(=O)(=O)Nc2ccc(N3CCOC3=O)cc2)c1. The number of sulfonamides is 1. The zero-order valence-corrected chi connectivity index (χ0v) is 14.2. The van der Waals surface area contributed by atoms with Gasteiger partial charge in [0.2, 0.25) is 0 Å². The van der Waals surface area contributed by atoms with Gasteiger partial charge in [0.05, 0.1) is 11.4 Å². The molecule has 1 saturated heterocycles. The first-order valence-electron chi connectivity index (χ1n) is 7.55. The highest BCUT2D eigenvalue weighted by molar-refractivity contribution is 7.92. The smallest absolute Gasteiger partial charge is 0.414 e. The van der Waals surface area contributed by atoms with Crippen LogP contribution in [0.2, 0.25) is 0 Å². The standard InChI is InChI=1S/C17H16N2O5S/c1-12(20)13-3-2-4-16(11-13)25(22,23)18-14-5-7-15(8-6-14)19-9-10-24-17(19)21/h2-8,11,18H,9-10H2,1H3. The van der Waals surface area contributed by atoms with Crippen LogP contribution in [-0.2, 0) is 14.8 Å². The minimum absolute atomic E-state index is 0.00685. The molecule has 0 saturated carbocycles. The number of hydrogen-bond acceptors (Lipinski definition) is 5. The molecule has 0 radical (unpaired) electrons. The van der Waals surface area contributed by atoms with Gasteiger partial charge in [-0.15, -0.1) is 0 Å². The molecule has 1 fully saturated rings. The highest BCUT2D eigenvalue weighted by atomic mass is 32.2. The molecule has 0 aliphatic carbocycles. The Morgan fingerprint density at radius 3 is 2.48 bits per heavy atom. The van der Waals surface area contributed by atoms with Crippen molar-refractivity contribution in [2.75, 3.05) is 22.8 Å². The molecule has 8 heteroatoms. The molecule has 0 aromatic heterocycles. The van der Waals surface area contributed by atoms with Gasteiger partial charge in [0, 0.05) is 16.9 Å². The van der Waals surface area contributed by atoms with Crippen LogP contribution in [0.25, 0.3) is 0 Å². The Bertz CT molecular complexity index is 922. The van der Waals surface area contributed by atoms with Crippen LogP contribution in [-0.4, -0.2) is 33.4 Å². The lowest BCUT2D eigenvalue weighted by molar-refractivity contribution is 0.101. The van der Waals surface area contributed by atoms with Gasteiger partial charge in [-0.3, -0.25) is 14.4 Å². The number of cyclic esters (lactones) is 1. The van der Waals surface area contributed by atoms with Gasteiger partial charge in [-0.2, -0.15) is 0 Å². The normalized spacial score (nSPS) is 14.3. The van der Waals surface area contributed by atoms with E-state index in [-0.39, 0.29) is 10.7 Å². The maximum Gasteiger partial charge on any atom is 0.414 e. The summed E-state index contributed by atoms with van der Waals surface area (Å²) >= 11 is 0. The molecule has 25 heavy (non-hydrogen) atoms. The second kappa shape index (κ2) is 6.56. The van der Waals surface area contributed by atoms with E-state index >= 15 is 0 Å². The van der Waals surface area contributed by atoms with Crippen molar-refractivity contribution in [3.8, 4) is 0 Å². The van der Waals surface area contributed by atoms with Gasteiger partial charge >= 0.3 is 6.09 Å². The molecule has 130 valence electrons. The predicted molar refractivity (Wildman–Crippen MR) is 92.4 cm³/mol. The summed E-state index contributed by atoms with van der Waals surface area (Å²) in [5, 5.41) is 0. The zero-order chi connectivity index (χ0) is 18.0. The predicted octanol–water partition coefficient (Wildman–Crippen LogP) is 2.65. The molecular weight excluding hydrogens is 344 g/mol. The van der Waals surface area contributed by atoms with E-state index in [1.165, 1.54) is 30.0 Å². The van der Waals surface area contributed by atoms with E-state index in [0.717, 1.165) is 0 Å². The van der Waals surface area contributed by atoms with Gasteiger partial charge in [0.1, 0.15) is 6.61 Å². The summed E-state index contributed by atoms with van der Waals surface area (Å²) in [7, 11) is -3.82. The van der Waals surface area contributed by atoms with Crippen molar-refractivity contribution in [3.63, 3.8) is 0 Å². The Morgan fingerprint density at radius 2 is 1.88 bits per heavy atom. The van der Waals surface area contributed by atoms with Crippen molar-refractivity contribution >= 4 is 33.3 Å². The van der Waals surface area contributed by atoms with E-state index in [1.807, 2.05) is 0 Å². The molecular formula is C17H16N2O5S. The molecule has 1 aliphatic heterocycles. The lowest BCUT2D eigenvalue weighted by atomic mass is 10.2. The molecule has 1 amide bonds. The molecule has 0 bridgehead atoms. The molecule has 1 aliphatic rings. The van der Waals surface area contributed by atoms with E-state index in [4.69, 9.17) is 4.74 Å². The van der Waals surface area contributed by atoms with Crippen molar-refractivity contribution < 1.29 is 22.7 Å². The third-order valence-corrected chi connectivity index (χ3v) is 5.12. The first-order chi connectivity index (χ1) is 11.9. The molecule has 0 unspecified atom stereocenters. The molecule has 1 heterocycles. The summed E-state index contributed by atoms with van der Waals surface area (Å²) in [5.41, 5.74) is 1.30. The average molecular weight is 360 g/mol. The van der Waals surface area contributed by atoms with E-state index < -0.39 is 16.1 Å². The van der Waals surface area contributed by atoms with Crippen LogP contribution in [0.15, 0.2) is 53.4 Å². The van der Waals surface area contributed by atoms with Crippen molar-refractivity contribution in [2.24, 2.45) is 0 Å². The van der Waals surface area contributed by atoms with Gasteiger partial charge in [-0.25, -0.2) is 13.2 Å². The van der Waals surface area contributed by atoms with E-state index in [1.54, 1.807) is 30.3 Å². The largest absolute Gasteiger partial charge is 0.447 e. The summed E-state index contributed by atoms with van der Waals surface area (Å²) < 4.78 is 32.2. The summed E-state index contributed by atoms with van der Waals surface area (Å²) in [6.07, 6.45) is -0.422. The Labute approximate surface area is 145 Å². The van der Waals surface area contributed by atoms with E-state index in [9.17, 15) is 18.0 Å². The number of rotatable bonds is 5. The molecule has 2 aromatic carbocycles. The number of ether oxygens (including phenoxy) is 1. The van der Waals surface area contributed by atoms with Crippen LogP contribution in [0.4, 0.5) is 16.2 Å². The molecule has 0 atom stereocenters. The minimum atomic E-state index is -3.82. The summed E-state index contributed by atoms with van der Waals surface area (Å²) in [6, 6.07) is 12.2. The van der Waals surface area contributed by atoms with E-state index in [2.05, 4.69) is 4.72 Å². The number of amides is 1. The van der Waals surface area contributed by atoms with Gasteiger partial charge in [-0.1, -0.05) is 12.1 Å². The average Bonchev–Trinajstić information content (AvgIpc) is 3.01. The number of nitrogens with zero attached hydrogens (tertiary/aromatic N) is 1. The lowest BCUT2D eigenvalue weighted by Gasteiger charge is -2.14. The molecule has 7 nitrogen and oxygen atoms in total. The van der Waals surface area contributed by atoms with Crippen LogP contribution in [0.5, 0.6) is 0 Å². The third-order valence-electron chi connectivity index (χ3n) is 3.74. The van der Waals surface area contributed by atoms with Crippen LogP contribution in [0.1, 0.15) is 17.3 Å². The fraction of sp³-hybridized carbons (Fsp3) is 0.176. The third kappa shape index (κ3) is 3.63. The fourth-order valence-electron chi connectivity index (χ4n) is 2.43. The Balaban J connectivity index is 1.80. The highest BCUT2D eigenvalue weighted by Crippen LogP contribution is 2.23. The minimum Gasteiger partial charge on any atom is -0.447 e. The maximum atomic E-state index is 12.5. The zero-order valence-electron chi connectivity index (χ0n) is 13.4. The number of ketones is 1. The summed E-state index contributed by atoms with van der Waals surface area (Å²) in [6.45, 7) is 2.17. The van der Waals surface area contributed by atoms with Crippen LogP contribution < -0.4 is 9.62 Å². The van der Waals surface area contributed by atoms with Gasteiger partial charge in [0.15, 0.2) is 5.78 Å². The first-order valence-corrected chi connectivity index (χ1v) is 9.03. The maximum absolute atomic E-state index is 12.5. The van der Waals surface area contributed by atoms with Crippen LogP contribution in [0.3, 0.4) is 0 Å². The quantitative estimate of drug-likeness (QED) is 0.828. The van der Waals surface area contributed by atoms with Gasteiger partial charge in [0.25, 0.3) is 10.0 Å². The van der Waals surface area contributed by atoms with Crippen molar-refractivity contribution in [1.29, 1.82) is 0 Å². The summed E-state index contributed by atoms with van der Waals surface area (Å²) in [5.74, 6) is -0.209. The van der Waals surface area contributed by atoms with Crippen LogP contribution in [0, 0.1) is 0 Å². The van der Waals surface area contributed by atoms with Gasteiger partial charge < -0.3 is 4.74 Å². The second-order valence-electron chi connectivity index (χ2n) is 5.50. The molecule has 0 spiro atoms. The number of anilines is 2. The van der Waals surface area contributed by atoms with Crippen molar-refractivity contribution in [1.82, 2.24) is 0 Å². The van der Waals surface area contributed by atoms with Crippen molar-refractivity contribution in [2.45, 2.75) is 11.8 Å². The number of benzene rings is 2. The highest BCUT2D eigenvalue weighted by Gasteiger charge is 2.23. The Kier molecular flexibility index (Phi) is 4.45. The van der Waals surface area contributed by atoms with Crippen molar-refractivity contribution in [3.05, 3.63) is 54.1 Å². The summed E-state index contributed by atoms with van der Waals surface area (Å²) in [4.78, 5) is 24.4. The number of Topliss-reactive ketones (excluding diaryl/α,β-unsaturated/α-hetero) is 1. The lowest BCUT2D eigenvalue weighted by Crippen LogP contribution is -2.23. The topological polar surface area (TPSA) is 92.8 Å². The van der Waals surface area contributed by atoms with E-state index in [0.29, 0.717) is 30.1 Å². The number of hydrogen-bond donors (Lipinski definition) is 1. The number of nitrogens with one attached hydrogen (secondary N) is 1.